The van der Waals surface area contributed by atoms with Crippen molar-refractivity contribution in [3.05, 3.63) is 29.8 Å². The first-order chi connectivity index (χ1) is 8.99. The number of nitrogens with one attached hydrogen (secondary N) is 1. The van der Waals surface area contributed by atoms with Crippen LogP contribution in [0.15, 0.2) is 24.3 Å². The van der Waals surface area contributed by atoms with E-state index in [2.05, 4.69) is 19.2 Å². The molecule has 1 rings (SSSR count). The molecule has 1 aromatic rings. The van der Waals surface area contributed by atoms with Crippen LogP contribution in [0.25, 0.3) is 0 Å². The number of benzene rings is 1. The summed E-state index contributed by atoms with van der Waals surface area (Å²) >= 11 is 4.86. The minimum Gasteiger partial charge on any atom is -0.389 e. The minimum absolute atomic E-state index is 0.0631. The minimum atomic E-state index is -0.0631. The first-order valence-electron chi connectivity index (χ1n) is 6.26. The Morgan fingerprint density at radius 2 is 2.00 bits per heavy atom. The van der Waals surface area contributed by atoms with Gasteiger partial charge in [0.2, 0.25) is 5.91 Å². The summed E-state index contributed by atoms with van der Waals surface area (Å²) in [7, 11) is 0. The molecule has 0 aromatic heterocycles. The molecule has 1 amide bonds. The zero-order chi connectivity index (χ0) is 14.3. The van der Waals surface area contributed by atoms with E-state index < -0.39 is 0 Å². The van der Waals surface area contributed by atoms with Gasteiger partial charge in [-0.05, 0) is 30.2 Å². The molecule has 0 aliphatic heterocycles. The molecule has 0 atom stereocenters. The van der Waals surface area contributed by atoms with E-state index >= 15 is 0 Å². The first-order valence-corrected chi connectivity index (χ1v) is 6.67. The highest BCUT2D eigenvalue weighted by Gasteiger charge is 2.03. The molecule has 0 unspecified atom stereocenters. The third-order valence-corrected chi connectivity index (χ3v) is 2.61. The van der Waals surface area contributed by atoms with Gasteiger partial charge in [-0.25, -0.2) is 0 Å². The molecular weight excluding hydrogens is 260 g/mol. The molecule has 0 bridgehead atoms. The number of thiocarbonyl (C=S) groups is 1. The Balaban J connectivity index is 2.34. The SMILES string of the molecule is CC(C)COCCC(=O)Nc1ccc(C(N)=S)cc1. The topological polar surface area (TPSA) is 64.3 Å². The highest BCUT2D eigenvalue weighted by atomic mass is 32.1. The van der Waals surface area contributed by atoms with Crippen LogP contribution < -0.4 is 11.1 Å². The van der Waals surface area contributed by atoms with Crippen molar-refractivity contribution >= 4 is 28.8 Å². The fraction of sp³-hybridized carbons (Fsp3) is 0.429. The van der Waals surface area contributed by atoms with Crippen LogP contribution in [0, 0.1) is 5.92 Å². The predicted octanol–water partition coefficient (Wildman–Crippen LogP) is 2.32. The summed E-state index contributed by atoms with van der Waals surface area (Å²) in [5.74, 6) is 0.419. The van der Waals surface area contributed by atoms with E-state index in [-0.39, 0.29) is 5.91 Å². The van der Waals surface area contributed by atoms with Gasteiger partial charge in [0, 0.05) is 17.9 Å². The van der Waals surface area contributed by atoms with Crippen molar-refractivity contribution < 1.29 is 9.53 Å². The van der Waals surface area contributed by atoms with E-state index in [0.717, 1.165) is 11.3 Å². The molecule has 0 aliphatic carbocycles. The van der Waals surface area contributed by atoms with Gasteiger partial charge < -0.3 is 15.8 Å². The van der Waals surface area contributed by atoms with Gasteiger partial charge in [0.25, 0.3) is 0 Å². The molecule has 0 heterocycles. The van der Waals surface area contributed by atoms with E-state index in [1.54, 1.807) is 24.3 Å². The molecular formula is C14H20N2O2S. The van der Waals surface area contributed by atoms with Crippen molar-refractivity contribution in [1.29, 1.82) is 0 Å². The molecule has 0 fully saturated rings. The Morgan fingerprint density at radius 1 is 1.37 bits per heavy atom. The van der Waals surface area contributed by atoms with Crippen LogP contribution in [-0.2, 0) is 9.53 Å². The third kappa shape index (κ3) is 6.31. The summed E-state index contributed by atoms with van der Waals surface area (Å²) in [6.45, 7) is 5.26. The second-order valence-corrected chi connectivity index (χ2v) is 5.15. The van der Waals surface area contributed by atoms with Gasteiger partial charge in [-0.3, -0.25) is 4.79 Å². The number of carbonyl (C=O) groups excluding carboxylic acids is 1. The van der Waals surface area contributed by atoms with Gasteiger partial charge in [0.1, 0.15) is 4.99 Å². The Bertz CT molecular complexity index is 430. The highest BCUT2D eigenvalue weighted by molar-refractivity contribution is 7.80. The molecule has 3 N–H and O–H groups in total. The largest absolute Gasteiger partial charge is 0.389 e. The zero-order valence-electron chi connectivity index (χ0n) is 11.3. The van der Waals surface area contributed by atoms with Gasteiger partial charge >= 0.3 is 0 Å². The molecule has 4 nitrogen and oxygen atoms in total. The van der Waals surface area contributed by atoms with Crippen LogP contribution in [0.1, 0.15) is 25.8 Å². The number of hydrogen-bond donors (Lipinski definition) is 2. The highest BCUT2D eigenvalue weighted by Crippen LogP contribution is 2.09. The number of hydrogen-bond acceptors (Lipinski definition) is 3. The van der Waals surface area contributed by atoms with Crippen LogP contribution >= 0.6 is 12.2 Å². The number of carbonyl (C=O) groups is 1. The van der Waals surface area contributed by atoms with Gasteiger partial charge in [0.15, 0.2) is 0 Å². The molecule has 0 radical (unpaired) electrons. The maximum absolute atomic E-state index is 11.6. The summed E-state index contributed by atoms with van der Waals surface area (Å²) in [6, 6.07) is 7.13. The third-order valence-electron chi connectivity index (χ3n) is 2.38. The van der Waals surface area contributed by atoms with E-state index in [1.807, 2.05) is 0 Å². The lowest BCUT2D eigenvalue weighted by molar-refractivity contribution is -0.117. The van der Waals surface area contributed by atoms with Crippen LogP contribution in [-0.4, -0.2) is 24.1 Å². The summed E-state index contributed by atoms with van der Waals surface area (Å²) in [4.78, 5) is 12.0. The average molecular weight is 280 g/mol. The van der Waals surface area contributed by atoms with Gasteiger partial charge in [-0.2, -0.15) is 0 Å². The Labute approximate surface area is 119 Å². The lowest BCUT2D eigenvalue weighted by Gasteiger charge is -2.08. The number of amides is 1. The van der Waals surface area contributed by atoms with Crippen molar-refractivity contribution in [3.63, 3.8) is 0 Å². The lowest BCUT2D eigenvalue weighted by atomic mass is 10.2. The maximum Gasteiger partial charge on any atom is 0.226 e. The molecule has 19 heavy (non-hydrogen) atoms. The first kappa shape index (κ1) is 15.6. The van der Waals surface area contributed by atoms with Crippen molar-refractivity contribution in [1.82, 2.24) is 0 Å². The van der Waals surface area contributed by atoms with E-state index in [9.17, 15) is 4.79 Å². The summed E-state index contributed by atoms with van der Waals surface area (Å²) < 4.78 is 5.36. The molecule has 104 valence electrons. The average Bonchev–Trinajstić information content (AvgIpc) is 2.35. The smallest absolute Gasteiger partial charge is 0.226 e. The van der Waals surface area contributed by atoms with Crippen molar-refractivity contribution in [2.24, 2.45) is 11.7 Å². The number of rotatable bonds is 7. The second-order valence-electron chi connectivity index (χ2n) is 4.71. The van der Waals surface area contributed by atoms with Gasteiger partial charge in [-0.1, -0.05) is 26.1 Å². The van der Waals surface area contributed by atoms with Crippen molar-refractivity contribution in [2.45, 2.75) is 20.3 Å². The fourth-order valence-corrected chi connectivity index (χ4v) is 1.56. The van der Waals surface area contributed by atoms with E-state index in [4.69, 9.17) is 22.7 Å². The monoisotopic (exact) mass is 280 g/mol. The standard InChI is InChI=1S/C14H20N2O2S/c1-10(2)9-18-8-7-13(17)16-12-5-3-11(4-6-12)14(15)19/h3-6,10H,7-9H2,1-2H3,(H2,15,19)(H,16,17). The van der Waals surface area contributed by atoms with Crippen molar-refractivity contribution in [2.75, 3.05) is 18.5 Å². The lowest BCUT2D eigenvalue weighted by Crippen LogP contribution is -2.15. The normalized spacial score (nSPS) is 10.5. The van der Waals surface area contributed by atoms with E-state index in [1.165, 1.54) is 0 Å². The van der Waals surface area contributed by atoms with Crippen molar-refractivity contribution in [3.8, 4) is 0 Å². The number of nitrogens with two attached hydrogens (primary N) is 1. The molecule has 0 aliphatic rings. The molecule has 0 spiro atoms. The van der Waals surface area contributed by atoms with Gasteiger partial charge in [-0.15, -0.1) is 0 Å². The number of ether oxygens (including phenoxy) is 1. The van der Waals surface area contributed by atoms with Crippen LogP contribution in [0.2, 0.25) is 0 Å². The van der Waals surface area contributed by atoms with Crippen LogP contribution in [0.3, 0.4) is 0 Å². The van der Waals surface area contributed by atoms with Crippen LogP contribution in [0.4, 0.5) is 5.69 Å². The Morgan fingerprint density at radius 3 is 2.53 bits per heavy atom. The van der Waals surface area contributed by atoms with E-state index in [0.29, 0.717) is 30.5 Å². The predicted molar refractivity (Wildman–Crippen MR) is 81.2 cm³/mol. The summed E-state index contributed by atoms with van der Waals surface area (Å²) in [6.07, 6.45) is 0.351. The Kier molecular flexibility index (Phi) is 6.45. The summed E-state index contributed by atoms with van der Waals surface area (Å²) in [5, 5.41) is 2.79. The molecule has 0 saturated carbocycles. The molecule has 0 saturated heterocycles. The quantitative estimate of drug-likeness (QED) is 0.594. The van der Waals surface area contributed by atoms with Gasteiger partial charge in [0.05, 0.1) is 13.0 Å². The second kappa shape index (κ2) is 7.86. The molecule has 5 heteroatoms. The molecule has 1 aromatic carbocycles. The Hall–Kier alpha value is -1.46. The fourth-order valence-electron chi connectivity index (χ4n) is 1.43. The number of anilines is 1. The van der Waals surface area contributed by atoms with Crippen LogP contribution in [0.5, 0.6) is 0 Å². The summed E-state index contributed by atoms with van der Waals surface area (Å²) in [5.41, 5.74) is 7.01. The zero-order valence-corrected chi connectivity index (χ0v) is 12.1. The maximum atomic E-state index is 11.6.